The fourth-order valence-electron chi connectivity index (χ4n) is 2.42. The number of amides is 1. The van der Waals surface area contributed by atoms with Gasteiger partial charge in [0.05, 0.1) is 11.4 Å². The van der Waals surface area contributed by atoms with Crippen LogP contribution in [0.4, 0.5) is 11.4 Å². The zero-order chi connectivity index (χ0) is 17.3. The largest absolute Gasteiger partial charge is 0.479 e. The van der Waals surface area contributed by atoms with Gasteiger partial charge in [-0.05, 0) is 31.5 Å². The normalized spacial score (nSPS) is 16.8. The van der Waals surface area contributed by atoms with Crippen LogP contribution in [0.3, 0.4) is 0 Å². The van der Waals surface area contributed by atoms with E-state index in [0.717, 1.165) is 5.56 Å². The summed E-state index contributed by atoms with van der Waals surface area (Å²) in [7, 11) is -3.62. The third kappa shape index (κ3) is 3.51. The fraction of sp³-hybridized carbons (Fsp3) is 0.235. The SMILES string of the molecule is Cc1ccc(CS(=O)(=O)Nc2cccc3c2NC(=O)C(C)O3)cc1. The van der Waals surface area contributed by atoms with Crippen LogP contribution in [0.15, 0.2) is 42.5 Å². The number of carbonyl (C=O) groups excluding carboxylic acids is 1. The number of ether oxygens (including phenoxy) is 1. The van der Waals surface area contributed by atoms with Crippen LogP contribution < -0.4 is 14.8 Å². The lowest BCUT2D eigenvalue weighted by atomic mass is 10.2. The molecule has 6 nitrogen and oxygen atoms in total. The highest BCUT2D eigenvalue weighted by molar-refractivity contribution is 7.91. The summed E-state index contributed by atoms with van der Waals surface area (Å²) in [6.45, 7) is 3.57. The van der Waals surface area contributed by atoms with Gasteiger partial charge in [0.1, 0.15) is 11.4 Å². The van der Waals surface area contributed by atoms with E-state index in [-0.39, 0.29) is 11.7 Å². The summed E-state index contributed by atoms with van der Waals surface area (Å²) < 4.78 is 32.8. The number of hydrogen-bond acceptors (Lipinski definition) is 4. The molecule has 2 aromatic rings. The van der Waals surface area contributed by atoms with Crippen LogP contribution >= 0.6 is 0 Å². The van der Waals surface area contributed by atoms with Gasteiger partial charge in [-0.2, -0.15) is 0 Å². The van der Waals surface area contributed by atoms with Crippen molar-refractivity contribution in [3.8, 4) is 5.75 Å². The zero-order valence-corrected chi connectivity index (χ0v) is 14.2. The van der Waals surface area contributed by atoms with Gasteiger partial charge < -0.3 is 10.1 Å². The van der Waals surface area contributed by atoms with Crippen molar-refractivity contribution in [1.82, 2.24) is 0 Å². The Morgan fingerprint density at radius 3 is 2.58 bits per heavy atom. The Hall–Kier alpha value is -2.54. The molecule has 1 amide bonds. The Labute approximate surface area is 140 Å². The highest BCUT2D eigenvalue weighted by atomic mass is 32.2. The topological polar surface area (TPSA) is 84.5 Å². The van der Waals surface area contributed by atoms with E-state index in [1.807, 2.05) is 19.1 Å². The third-order valence-electron chi connectivity index (χ3n) is 3.69. The average Bonchev–Trinajstić information content (AvgIpc) is 2.51. The van der Waals surface area contributed by atoms with Gasteiger partial charge in [-0.15, -0.1) is 0 Å². The van der Waals surface area contributed by atoms with Crippen molar-refractivity contribution in [2.45, 2.75) is 25.7 Å². The van der Waals surface area contributed by atoms with Crippen molar-refractivity contribution in [2.75, 3.05) is 10.0 Å². The molecule has 2 aromatic carbocycles. The molecular weight excluding hydrogens is 328 g/mol. The number of carbonyl (C=O) groups is 1. The van der Waals surface area contributed by atoms with Gasteiger partial charge in [0.2, 0.25) is 10.0 Å². The first-order chi connectivity index (χ1) is 11.3. The molecule has 3 rings (SSSR count). The molecule has 1 aliphatic rings. The van der Waals surface area contributed by atoms with Crippen molar-refractivity contribution in [3.05, 3.63) is 53.6 Å². The molecule has 7 heteroatoms. The third-order valence-corrected chi connectivity index (χ3v) is 4.93. The zero-order valence-electron chi connectivity index (χ0n) is 13.4. The maximum atomic E-state index is 12.4. The van der Waals surface area contributed by atoms with Crippen LogP contribution in [0.5, 0.6) is 5.75 Å². The van der Waals surface area contributed by atoms with Gasteiger partial charge >= 0.3 is 0 Å². The molecule has 0 aromatic heterocycles. The monoisotopic (exact) mass is 346 g/mol. The van der Waals surface area contributed by atoms with E-state index in [0.29, 0.717) is 22.7 Å². The number of nitrogens with one attached hydrogen (secondary N) is 2. The minimum Gasteiger partial charge on any atom is -0.479 e. The molecule has 0 saturated heterocycles. The summed E-state index contributed by atoms with van der Waals surface area (Å²) in [5, 5.41) is 2.68. The van der Waals surface area contributed by atoms with Gasteiger partial charge in [-0.1, -0.05) is 35.9 Å². The van der Waals surface area contributed by atoms with Crippen molar-refractivity contribution >= 4 is 27.3 Å². The van der Waals surface area contributed by atoms with Crippen molar-refractivity contribution in [2.24, 2.45) is 0 Å². The number of hydrogen-bond donors (Lipinski definition) is 2. The number of para-hydroxylation sites is 1. The highest BCUT2D eigenvalue weighted by Gasteiger charge is 2.26. The van der Waals surface area contributed by atoms with Crippen molar-refractivity contribution in [3.63, 3.8) is 0 Å². The average molecular weight is 346 g/mol. The lowest BCUT2D eigenvalue weighted by Gasteiger charge is -2.25. The molecule has 1 atom stereocenters. The summed E-state index contributed by atoms with van der Waals surface area (Å²) in [6.07, 6.45) is -0.614. The first-order valence-electron chi connectivity index (χ1n) is 7.51. The maximum Gasteiger partial charge on any atom is 0.265 e. The minimum atomic E-state index is -3.62. The number of aryl methyl sites for hydroxylation is 1. The van der Waals surface area contributed by atoms with Crippen LogP contribution in [-0.4, -0.2) is 20.4 Å². The molecular formula is C17H18N2O4S. The smallest absolute Gasteiger partial charge is 0.265 e. The second-order valence-electron chi connectivity index (χ2n) is 5.77. The summed E-state index contributed by atoms with van der Waals surface area (Å²) in [4.78, 5) is 11.8. The Morgan fingerprint density at radius 2 is 1.88 bits per heavy atom. The number of benzene rings is 2. The van der Waals surface area contributed by atoms with E-state index in [9.17, 15) is 13.2 Å². The van der Waals surface area contributed by atoms with E-state index in [4.69, 9.17) is 4.74 Å². The molecule has 1 unspecified atom stereocenters. The fourth-order valence-corrected chi connectivity index (χ4v) is 3.63. The van der Waals surface area contributed by atoms with Gasteiger partial charge in [0.15, 0.2) is 6.10 Å². The predicted octanol–water partition coefficient (Wildman–Crippen LogP) is 2.66. The molecule has 24 heavy (non-hydrogen) atoms. The van der Waals surface area contributed by atoms with E-state index < -0.39 is 16.1 Å². The van der Waals surface area contributed by atoms with Crippen LogP contribution in [0, 0.1) is 6.92 Å². The molecule has 1 heterocycles. The van der Waals surface area contributed by atoms with E-state index in [1.165, 1.54) is 0 Å². The molecule has 2 N–H and O–H groups in total. The molecule has 0 radical (unpaired) electrons. The maximum absolute atomic E-state index is 12.4. The van der Waals surface area contributed by atoms with Crippen LogP contribution in [-0.2, 0) is 20.6 Å². The highest BCUT2D eigenvalue weighted by Crippen LogP contribution is 2.36. The first kappa shape index (κ1) is 16.3. The van der Waals surface area contributed by atoms with Crippen molar-refractivity contribution < 1.29 is 17.9 Å². The Morgan fingerprint density at radius 1 is 1.17 bits per heavy atom. The Bertz CT molecular complexity index is 876. The van der Waals surface area contributed by atoms with E-state index >= 15 is 0 Å². The standard InChI is InChI=1S/C17H18N2O4S/c1-11-6-8-13(9-7-11)10-24(21,22)19-14-4-3-5-15-16(14)18-17(20)12(2)23-15/h3-9,12,19H,10H2,1-2H3,(H,18,20). The minimum absolute atomic E-state index is 0.151. The number of rotatable bonds is 4. The van der Waals surface area contributed by atoms with Gasteiger partial charge in [-0.3, -0.25) is 9.52 Å². The second kappa shape index (κ2) is 6.16. The predicted molar refractivity (Wildman–Crippen MR) is 92.6 cm³/mol. The van der Waals surface area contributed by atoms with E-state index in [1.54, 1.807) is 37.3 Å². The van der Waals surface area contributed by atoms with Crippen LogP contribution in [0.25, 0.3) is 0 Å². The molecule has 126 valence electrons. The number of anilines is 2. The molecule has 0 aliphatic carbocycles. The molecule has 1 aliphatic heterocycles. The molecule has 0 spiro atoms. The Kier molecular flexibility index (Phi) is 4.19. The second-order valence-corrected chi connectivity index (χ2v) is 7.50. The summed E-state index contributed by atoms with van der Waals surface area (Å²) >= 11 is 0. The van der Waals surface area contributed by atoms with Crippen LogP contribution in [0.2, 0.25) is 0 Å². The number of fused-ring (bicyclic) bond motifs is 1. The quantitative estimate of drug-likeness (QED) is 0.891. The lowest BCUT2D eigenvalue weighted by Crippen LogP contribution is -2.35. The molecule has 0 saturated carbocycles. The molecule has 0 bridgehead atoms. The van der Waals surface area contributed by atoms with Gasteiger partial charge in [0, 0.05) is 0 Å². The Balaban J connectivity index is 1.84. The molecule has 0 fully saturated rings. The first-order valence-corrected chi connectivity index (χ1v) is 9.16. The summed E-state index contributed by atoms with van der Waals surface area (Å²) in [5.41, 5.74) is 2.38. The van der Waals surface area contributed by atoms with Gasteiger partial charge in [-0.25, -0.2) is 8.42 Å². The summed E-state index contributed by atoms with van der Waals surface area (Å²) in [5.74, 6) is -0.0207. The van der Waals surface area contributed by atoms with Crippen LogP contribution in [0.1, 0.15) is 18.1 Å². The lowest BCUT2D eigenvalue weighted by molar-refractivity contribution is -0.122. The van der Waals surface area contributed by atoms with Gasteiger partial charge in [0.25, 0.3) is 5.91 Å². The van der Waals surface area contributed by atoms with E-state index in [2.05, 4.69) is 10.0 Å². The number of sulfonamides is 1. The van der Waals surface area contributed by atoms with Crippen molar-refractivity contribution in [1.29, 1.82) is 0 Å². The summed E-state index contributed by atoms with van der Waals surface area (Å²) in [6, 6.07) is 12.2.